The smallest absolute Gasteiger partial charge is 0.261 e. The molecule has 1 aliphatic rings. The van der Waals surface area contributed by atoms with Crippen molar-refractivity contribution in [2.75, 3.05) is 0 Å². The fourth-order valence-corrected chi connectivity index (χ4v) is 3.59. The lowest BCUT2D eigenvalue weighted by Crippen LogP contribution is -2.32. The Kier molecular flexibility index (Phi) is 3.87. The topological polar surface area (TPSA) is 29.1 Å². The molecule has 1 amide bonds. The largest absolute Gasteiger partial charge is 0.349 e. The molecule has 17 heavy (non-hydrogen) atoms. The molecule has 94 valence electrons. The van der Waals surface area contributed by atoms with E-state index in [1.165, 1.54) is 16.9 Å². The number of carbonyl (C=O) groups is 1. The maximum atomic E-state index is 12.1. The molecule has 2 nitrogen and oxygen atoms in total. The molecule has 0 radical (unpaired) electrons. The standard InChI is InChI=1S/C14H21NOS/c1-4-11-8-13(17-10(11)3)14(16)15-12-6-5-9(2)7-12/h8-9,12H,4-7H2,1-3H3,(H,15,16). The zero-order chi connectivity index (χ0) is 12.4. The number of aryl methyl sites for hydroxylation is 2. The molecule has 1 aliphatic carbocycles. The number of rotatable bonds is 3. The number of amides is 1. The van der Waals surface area contributed by atoms with E-state index in [4.69, 9.17) is 0 Å². The Morgan fingerprint density at radius 1 is 1.53 bits per heavy atom. The lowest BCUT2D eigenvalue weighted by Gasteiger charge is -2.11. The highest BCUT2D eigenvalue weighted by molar-refractivity contribution is 7.14. The summed E-state index contributed by atoms with van der Waals surface area (Å²) in [6, 6.07) is 2.44. The summed E-state index contributed by atoms with van der Waals surface area (Å²) in [5, 5.41) is 3.16. The molecule has 0 aliphatic heterocycles. The van der Waals surface area contributed by atoms with Crippen molar-refractivity contribution in [1.82, 2.24) is 5.32 Å². The van der Waals surface area contributed by atoms with Crippen LogP contribution in [0.1, 0.15) is 53.2 Å². The van der Waals surface area contributed by atoms with E-state index >= 15 is 0 Å². The predicted molar refractivity (Wildman–Crippen MR) is 72.7 cm³/mol. The van der Waals surface area contributed by atoms with E-state index in [0.717, 1.165) is 30.1 Å². The number of nitrogens with one attached hydrogen (secondary N) is 1. The quantitative estimate of drug-likeness (QED) is 0.874. The van der Waals surface area contributed by atoms with Crippen LogP contribution in [-0.2, 0) is 6.42 Å². The SMILES string of the molecule is CCc1cc(C(=O)NC2CCC(C)C2)sc1C. The molecule has 0 saturated heterocycles. The van der Waals surface area contributed by atoms with Gasteiger partial charge in [-0.2, -0.15) is 0 Å². The summed E-state index contributed by atoms with van der Waals surface area (Å²) in [6.45, 7) is 6.49. The van der Waals surface area contributed by atoms with Gasteiger partial charge in [-0.1, -0.05) is 13.8 Å². The van der Waals surface area contributed by atoms with E-state index in [1.807, 2.05) is 6.07 Å². The monoisotopic (exact) mass is 251 g/mol. The maximum Gasteiger partial charge on any atom is 0.261 e. The minimum Gasteiger partial charge on any atom is -0.349 e. The second-order valence-electron chi connectivity index (χ2n) is 5.13. The first-order chi connectivity index (χ1) is 8.10. The Morgan fingerprint density at radius 3 is 2.82 bits per heavy atom. The molecule has 1 N–H and O–H groups in total. The molecular formula is C14H21NOS. The number of carbonyl (C=O) groups excluding carboxylic acids is 1. The van der Waals surface area contributed by atoms with Gasteiger partial charge in [0.15, 0.2) is 0 Å². The lowest BCUT2D eigenvalue weighted by molar-refractivity contribution is 0.0941. The Bertz CT molecular complexity index is 410. The van der Waals surface area contributed by atoms with Crippen molar-refractivity contribution in [1.29, 1.82) is 0 Å². The third kappa shape index (κ3) is 2.89. The number of hydrogen-bond donors (Lipinski definition) is 1. The molecule has 2 unspecified atom stereocenters. The highest BCUT2D eigenvalue weighted by Crippen LogP contribution is 2.26. The van der Waals surface area contributed by atoms with Gasteiger partial charge in [-0.05, 0) is 50.2 Å². The molecule has 2 rings (SSSR count). The summed E-state index contributed by atoms with van der Waals surface area (Å²) in [5.41, 5.74) is 1.31. The van der Waals surface area contributed by atoms with Gasteiger partial charge >= 0.3 is 0 Å². The van der Waals surface area contributed by atoms with Crippen LogP contribution >= 0.6 is 11.3 Å². The molecule has 2 atom stereocenters. The second-order valence-corrected chi connectivity index (χ2v) is 6.39. The fourth-order valence-electron chi connectivity index (χ4n) is 2.58. The van der Waals surface area contributed by atoms with Crippen LogP contribution < -0.4 is 5.32 Å². The van der Waals surface area contributed by atoms with Crippen molar-refractivity contribution in [3.8, 4) is 0 Å². The normalized spacial score (nSPS) is 23.9. The summed E-state index contributed by atoms with van der Waals surface area (Å²) in [5.74, 6) is 0.883. The predicted octanol–water partition coefficient (Wildman–Crippen LogP) is 3.54. The molecule has 1 fully saturated rings. The molecular weight excluding hydrogens is 230 g/mol. The van der Waals surface area contributed by atoms with Crippen molar-refractivity contribution in [2.24, 2.45) is 5.92 Å². The summed E-state index contributed by atoms with van der Waals surface area (Å²) >= 11 is 1.62. The van der Waals surface area contributed by atoms with Crippen molar-refractivity contribution in [2.45, 2.75) is 52.5 Å². The molecule has 1 saturated carbocycles. The average Bonchev–Trinajstić information content (AvgIpc) is 2.85. The van der Waals surface area contributed by atoms with Crippen molar-refractivity contribution in [3.63, 3.8) is 0 Å². The van der Waals surface area contributed by atoms with E-state index in [-0.39, 0.29) is 5.91 Å². The first-order valence-corrected chi connectivity index (χ1v) is 7.32. The molecule has 0 spiro atoms. The van der Waals surface area contributed by atoms with Gasteiger partial charge < -0.3 is 5.32 Å². The average molecular weight is 251 g/mol. The van der Waals surface area contributed by atoms with E-state index in [9.17, 15) is 4.79 Å². The summed E-state index contributed by atoms with van der Waals surface area (Å²) in [4.78, 5) is 14.2. The van der Waals surface area contributed by atoms with Gasteiger partial charge in [-0.15, -0.1) is 11.3 Å². The van der Waals surface area contributed by atoms with E-state index in [2.05, 4.69) is 26.1 Å². The molecule has 0 bridgehead atoms. The minimum absolute atomic E-state index is 0.122. The van der Waals surface area contributed by atoms with Gasteiger partial charge in [0.2, 0.25) is 0 Å². The van der Waals surface area contributed by atoms with Crippen molar-refractivity contribution >= 4 is 17.2 Å². The Labute approximate surface area is 107 Å². The third-order valence-corrected chi connectivity index (χ3v) is 4.75. The Balaban J connectivity index is 1.99. The molecule has 0 aromatic carbocycles. The van der Waals surface area contributed by atoms with Gasteiger partial charge in [-0.3, -0.25) is 4.79 Å². The molecule has 1 aromatic rings. The van der Waals surface area contributed by atoms with E-state index in [1.54, 1.807) is 11.3 Å². The van der Waals surface area contributed by atoms with Crippen molar-refractivity contribution in [3.05, 3.63) is 21.4 Å². The maximum absolute atomic E-state index is 12.1. The molecule has 3 heteroatoms. The van der Waals surface area contributed by atoms with Gasteiger partial charge in [0.05, 0.1) is 4.88 Å². The minimum atomic E-state index is 0.122. The first-order valence-electron chi connectivity index (χ1n) is 6.50. The second kappa shape index (κ2) is 5.21. The van der Waals surface area contributed by atoms with Crippen LogP contribution in [0.3, 0.4) is 0 Å². The highest BCUT2D eigenvalue weighted by Gasteiger charge is 2.23. The fraction of sp³-hybridized carbons (Fsp3) is 0.643. The van der Waals surface area contributed by atoms with Gasteiger partial charge in [0, 0.05) is 10.9 Å². The number of hydrogen-bond acceptors (Lipinski definition) is 2. The van der Waals surface area contributed by atoms with Crippen molar-refractivity contribution < 1.29 is 4.79 Å². The van der Waals surface area contributed by atoms with Crippen LogP contribution in [-0.4, -0.2) is 11.9 Å². The van der Waals surface area contributed by atoms with Crippen LogP contribution in [0.2, 0.25) is 0 Å². The van der Waals surface area contributed by atoms with Crippen LogP contribution in [0.15, 0.2) is 6.07 Å². The molecule has 1 aromatic heterocycles. The summed E-state index contributed by atoms with van der Waals surface area (Å²) < 4.78 is 0. The third-order valence-electron chi connectivity index (χ3n) is 3.66. The summed E-state index contributed by atoms with van der Waals surface area (Å²) in [6.07, 6.45) is 4.53. The Morgan fingerprint density at radius 2 is 2.29 bits per heavy atom. The van der Waals surface area contributed by atoms with Gasteiger partial charge in [0.1, 0.15) is 0 Å². The zero-order valence-electron chi connectivity index (χ0n) is 10.9. The van der Waals surface area contributed by atoms with Gasteiger partial charge in [-0.25, -0.2) is 0 Å². The number of thiophene rings is 1. The van der Waals surface area contributed by atoms with Crippen LogP contribution in [0, 0.1) is 12.8 Å². The van der Waals surface area contributed by atoms with Crippen LogP contribution in [0.4, 0.5) is 0 Å². The Hall–Kier alpha value is -0.830. The lowest BCUT2D eigenvalue weighted by atomic mass is 10.1. The first kappa shape index (κ1) is 12.6. The van der Waals surface area contributed by atoms with Gasteiger partial charge in [0.25, 0.3) is 5.91 Å². The van der Waals surface area contributed by atoms with Crippen LogP contribution in [0.25, 0.3) is 0 Å². The van der Waals surface area contributed by atoms with Crippen LogP contribution in [0.5, 0.6) is 0 Å². The molecule has 1 heterocycles. The zero-order valence-corrected chi connectivity index (χ0v) is 11.7. The summed E-state index contributed by atoms with van der Waals surface area (Å²) in [7, 11) is 0. The highest BCUT2D eigenvalue weighted by atomic mass is 32.1. The van der Waals surface area contributed by atoms with E-state index in [0.29, 0.717) is 6.04 Å². The van der Waals surface area contributed by atoms with E-state index < -0.39 is 0 Å².